The van der Waals surface area contributed by atoms with Gasteiger partial charge in [-0.05, 0) is 6.42 Å². The first-order valence-electron chi connectivity index (χ1n) is 7.11. The first-order valence-corrected chi connectivity index (χ1v) is 7.11. The molecule has 0 saturated carbocycles. The zero-order valence-corrected chi connectivity index (χ0v) is 12.2. The average Bonchev–Trinajstić information content (AvgIpc) is 2.39. The summed E-state index contributed by atoms with van der Waals surface area (Å²) in [5.41, 5.74) is 0. The molecule has 5 nitrogen and oxygen atoms in total. The molecular formula is C14H27O5-. The van der Waals surface area contributed by atoms with Gasteiger partial charge in [-0.3, -0.25) is 0 Å². The molecule has 1 atom stereocenters. The second-order valence-corrected chi connectivity index (χ2v) is 4.49. The van der Waals surface area contributed by atoms with Crippen molar-refractivity contribution in [1.29, 1.82) is 0 Å². The van der Waals surface area contributed by atoms with E-state index in [4.69, 9.17) is 14.2 Å². The number of hydrogen-bond acceptors (Lipinski definition) is 5. The van der Waals surface area contributed by atoms with E-state index >= 15 is 0 Å². The fourth-order valence-electron chi connectivity index (χ4n) is 1.70. The lowest BCUT2D eigenvalue weighted by Gasteiger charge is -2.18. The standard InChI is InChI=1S/C14H28O5/c1-3-4-5-6-7-8-13(14(15)16)19-12-11-18-10-9-17-2/h13H,3-12H2,1-2H3,(H,15,16)/p-1. The Kier molecular flexibility index (Phi) is 13.3. The lowest BCUT2D eigenvalue weighted by molar-refractivity contribution is -0.317. The highest BCUT2D eigenvalue weighted by Gasteiger charge is 2.09. The van der Waals surface area contributed by atoms with Crippen LogP contribution in [0.1, 0.15) is 45.4 Å². The maximum absolute atomic E-state index is 10.9. The first kappa shape index (κ1) is 18.4. The van der Waals surface area contributed by atoms with Gasteiger partial charge in [0.05, 0.1) is 38.5 Å². The third-order valence-corrected chi connectivity index (χ3v) is 2.81. The highest BCUT2D eigenvalue weighted by atomic mass is 16.6. The summed E-state index contributed by atoms with van der Waals surface area (Å²) in [7, 11) is 1.60. The number of methoxy groups -OCH3 is 1. The van der Waals surface area contributed by atoms with Crippen molar-refractivity contribution in [3.63, 3.8) is 0 Å². The van der Waals surface area contributed by atoms with Crippen molar-refractivity contribution in [1.82, 2.24) is 0 Å². The van der Waals surface area contributed by atoms with Gasteiger partial charge in [0, 0.05) is 7.11 Å². The molecule has 0 spiro atoms. The summed E-state index contributed by atoms with van der Waals surface area (Å²) in [5.74, 6) is -1.13. The molecule has 0 aromatic rings. The second-order valence-electron chi connectivity index (χ2n) is 4.49. The molecule has 0 bridgehead atoms. The molecular weight excluding hydrogens is 248 g/mol. The maximum Gasteiger partial charge on any atom is 0.0969 e. The van der Waals surface area contributed by atoms with Gasteiger partial charge in [-0.1, -0.05) is 39.0 Å². The van der Waals surface area contributed by atoms with Crippen LogP contribution in [0.2, 0.25) is 0 Å². The van der Waals surface area contributed by atoms with Crippen molar-refractivity contribution in [2.75, 3.05) is 33.5 Å². The number of hydrogen-bond donors (Lipinski definition) is 0. The minimum atomic E-state index is -1.13. The lowest BCUT2D eigenvalue weighted by Crippen LogP contribution is -2.38. The number of unbranched alkanes of at least 4 members (excludes halogenated alkanes) is 4. The normalized spacial score (nSPS) is 12.5. The van der Waals surface area contributed by atoms with Crippen LogP contribution in [-0.4, -0.2) is 45.6 Å². The van der Waals surface area contributed by atoms with Crippen molar-refractivity contribution < 1.29 is 24.1 Å². The van der Waals surface area contributed by atoms with Crippen LogP contribution in [0.15, 0.2) is 0 Å². The van der Waals surface area contributed by atoms with E-state index < -0.39 is 12.1 Å². The van der Waals surface area contributed by atoms with E-state index in [-0.39, 0.29) is 6.61 Å². The molecule has 0 amide bonds. The van der Waals surface area contributed by atoms with Crippen LogP contribution in [0.3, 0.4) is 0 Å². The van der Waals surface area contributed by atoms with Crippen molar-refractivity contribution in [2.24, 2.45) is 0 Å². The van der Waals surface area contributed by atoms with E-state index in [0.29, 0.717) is 26.2 Å². The van der Waals surface area contributed by atoms with Crippen LogP contribution < -0.4 is 5.11 Å². The molecule has 0 aromatic carbocycles. The molecule has 0 fully saturated rings. The summed E-state index contributed by atoms with van der Waals surface area (Å²) >= 11 is 0. The van der Waals surface area contributed by atoms with Crippen molar-refractivity contribution in [2.45, 2.75) is 51.6 Å². The van der Waals surface area contributed by atoms with Gasteiger partial charge in [0.2, 0.25) is 0 Å². The van der Waals surface area contributed by atoms with Crippen LogP contribution in [0.5, 0.6) is 0 Å². The second kappa shape index (κ2) is 13.8. The number of carboxylic acid groups (broad SMARTS) is 1. The Morgan fingerprint density at radius 2 is 1.74 bits per heavy atom. The Hall–Kier alpha value is -0.650. The molecule has 0 rings (SSSR count). The molecule has 0 aliphatic rings. The van der Waals surface area contributed by atoms with Crippen LogP contribution in [-0.2, 0) is 19.0 Å². The minimum absolute atomic E-state index is 0.275. The average molecular weight is 275 g/mol. The van der Waals surface area contributed by atoms with Crippen LogP contribution in [0.25, 0.3) is 0 Å². The monoisotopic (exact) mass is 275 g/mol. The molecule has 114 valence electrons. The Bertz CT molecular complexity index is 208. The molecule has 5 heteroatoms. The third kappa shape index (κ3) is 12.1. The number of carbonyl (C=O) groups is 1. The third-order valence-electron chi connectivity index (χ3n) is 2.81. The quantitative estimate of drug-likeness (QED) is 0.445. The molecule has 0 saturated heterocycles. The number of carboxylic acids is 1. The van der Waals surface area contributed by atoms with Gasteiger partial charge < -0.3 is 24.1 Å². The lowest BCUT2D eigenvalue weighted by atomic mass is 10.1. The van der Waals surface area contributed by atoms with Crippen LogP contribution >= 0.6 is 0 Å². The Labute approximate surface area is 116 Å². The summed E-state index contributed by atoms with van der Waals surface area (Å²) in [6.07, 6.45) is 5.14. The van der Waals surface area contributed by atoms with Gasteiger partial charge >= 0.3 is 0 Å². The summed E-state index contributed by atoms with van der Waals surface area (Å²) in [5, 5.41) is 10.9. The van der Waals surface area contributed by atoms with Gasteiger partial charge in [0.1, 0.15) is 0 Å². The van der Waals surface area contributed by atoms with Gasteiger partial charge in [-0.25, -0.2) is 0 Å². The largest absolute Gasteiger partial charge is 0.547 e. The van der Waals surface area contributed by atoms with Crippen LogP contribution in [0.4, 0.5) is 0 Å². The SMILES string of the molecule is CCCCCCCC(OCCOCCOC)C(=O)[O-]. The Morgan fingerprint density at radius 1 is 1.05 bits per heavy atom. The minimum Gasteiger partial charge on any atom is -0.547 e. The van der Waals surface area contributed by atoms with E-state index in [2.05, 4.69) is 6.92 Å². The summed E-state index contributed by atoms with van der Waals surface area (Å²) in [6, 6.07) is 0. The fourth-order valence-corrected chi connectivity index (χ4v) is 1.70. The van der Waals surface area contributed by atoms with Crippen LogP contribution in [0, 0.1) is 0 Å². The topological polar surface area (TPSA) is 67.8 Å². The smallest absolute Gasteiger partial charge is 0.0969 e. The van der Waals surface area contributed by atoms with E-state index in [1.807, 2.05) is 0 Å². The summed E-state index contributed by atoms with van der Waals surface area (Å²) in [6.45, 7) is 3.82. The number of carbonyl (C=O) groups excluding carboxylic acids is 1. The number of ether oxygens (including phenoxy) is 3. The molecule has 0 aliphatic heterocycles. The van der Waals surface area contributed by atoms with Gasteiger partial charge in [-0.2, -0.15) is 0 Å². The number of rotatable bonds is 14. The first-order chi connectivity index (χ1) is 9.22. The summed E-state index contributed by atoms with van der Waals surface area (Å²) < 4.78 is 15.3. The molecule has 0 aromatic heterocycles. The number of aliphatic carboxylic acids is 1. The predicted octanol–water partition coefficient (Wildman–Crippen LogP) is 1.15. The van der Waals surface area contributed by atoms with E-state index in [1.165, 1.54) is 12.8 Å². The van der Waals surface area contributed by atoms with Gasteiger partial charge in [0.25, 0.3) is 0 Å². The van der Waals surface area contributed by atoms with E-state index in [9.17, 15) is 9.90 Å². The zero-order valence-electron chi connectivity index (χ0n) is 12.2. The molecule has 1 unspecified atom stereocenters. The van der Waals surface area contributed by atoms with Crippen molar-refractivity contribution in [3.8, 4) is 0 Å². The van der Waals surface area contributed by atoms with E-state index in [0.717, 1.165) is 19.3 Å². The highest BCUT2D eigenvalue weighted by Crippen LogP contribution is 2.09. The Balaban J connectivity index is 3.54. The fraction of sp³-hybridized carbons (Fsp3) is 0.929. The van der Waals surface area contributed by atoms with Gasteiger partial charge in [0.15, 0.2) is 0 Å². The predicted molar refractivity (Wildman–Crippen MR) is 70.8 cm³/mol. The van der Waals surface area contributed by atoms with E-state index in [1.54, 1.807) is 7.11 Å². The molecule has 0 heterocycles. The molecule has 0 aliphatic carbocycles. The zero-order chi connectivity index (χ0) is 14.3. The molecule has 0 N–H and O–H groups in total. The molecule has 19 heavy (non-hydrogen) atoms. The highest BCUT2D eigenvalue weighted by molar-refractivity contribution is 5.69. The van der Waals surface area contributed by atoms with Crippen molar-refractivity contribution in [3.05, 3.63) is 0 Å². The maximum atomic E-state index is 10.9. The Morgan fingerprint density at radius 3 is 2.37 bits per heavy atom. The van der Waals surface area contributed by atoms with Crippen molar-refractivity contribution >= 4 is 5.97 Å². The summed E-state index contributed by atoms with van der Waals surface area (Å²) in [4.78, 5) is 10.9. The van der Waals surface area contributed by atoms with Gasteiger partial charge in [-0.15, -0.1) is 0 Å². The molecule has 0 radical (unpaired) electrons.